The molecule has 0 aromatic rings. The molecular formula is C7H13Br. The summed E-state index contributed by atoms with van der Waals surface area (Å²) < 4.78 is 0.500. The van der Waals surface area contributed by atoms with Crippen LogP contribution in [-0.4, -0.2) is 4.32 Å². The van der Waals surface area contributed by atoms with Gasteiger partial charge in [0.25, 0.3) is 0 Å². The molecule has 1 heteroatoms. The molecule has 1 saturated carbocycles. The van der Waals surface area contributed by atoms with Crippen molar-refractivity contribution in [2.75, 3.05) is 0 Å². The highest BCUT2D eigenvalue weighted by atomic mass is 79.9. The fourth-order valence-electron chi connectivity index (χ4n) is 0.860. The Morgan fingerprint density at radius 1 is 1.25 bits per heavy atom. The molecule has 0 unspecified atom stereocenters. The molecule has 0 radical (unpaired) electrons. The molecule has 0 amide bonds. The molecule has 0 atom stereocenters. The van der Waals surface area contributed by atoms with Gasteiger partial charge in [-0.2, -0.15) is 0 Å². The normalized spacial score (nSPS) is 25.5. The van der Waals surface area contributed by atoms with Gasteiger partial charge in [-0.25, -0.2) is 0 Å². The SMILES string of the molecule is CC(C)(C)C1(Br)CC1. The van der Waals surface area contributed by atoms with Crippen LogP contribution in [0.2, 0.25) is 0 Å². The Hall–Kier alpha value is 0.480. The Kier molecular flexibility index (Phi) is 1.24. The minimum atomic E-state index is 0.465. The second-order valence-corrected chi connectivity index (χ2v) is 5.23. The quantitative estimate of drug-likeness (QED) is 0.499. The first-order chi connectivity index (χ1) is 3.46. The monoisotopic (exact) mass is 176 g/mol. The van der Waals surface area contributed by atoms with Gasteiger partial charge >= 0.3 is 0 Å². The van der Waals surface area contributed by atoms with Crippen LogP contribution in [0.4, 0.5) is 0 Å². The average Bonchev–Trinajstić information content (AvgIpc) is 2.16. The van der Waals surface area contributed by atoms with E-state index in [0.717, 1.165) is 0 Å². The van der Waals surface area contributed by atoms with Gasteiger partial charge in [0.15, 0.2) is 0 Å². The van der Waals surface area contributed by atoms with Crippen LogP contribution in [0, 0.1) is 5.41 Å². The van der Waals surface area contributed by atoms with E-state index in [0.29, 0.717) is 9.74 Å². The second-order valence-electron chi connectivity index (χ2n) is 3.72. The molecule has 0 bridgehead atoms. The molecule has 0 aromatic carbocycles. The number of rotatable bonds is 0. The van der Waals surface area contributed by atoms with E-state index in [1.54, 1.807) is 0 Å². The van der Waals surface area contributed by atoms with E-state index in [4.69, 9.17) is 0 Å². The maximum Gasteiger partial charge on any atom is 0.0307 e. The molecular weight excluding hydrogens is 164 g/mol. The molecule has 8 heavy (non-hydrogen) atoms. The van der Waals surface area contributed by atoms with Crippen molar-refractivity contribution in [3.05, 3.63) is 0 Å². The lowest BCUT2D eigenvalue weighted by Gasteiger charge is -2.24. The van der Waals surface area contributed by atoms with E-state index in [9.17, 15) is 0 Å². The highest BCUT2D eigenvalue weighted by Gasteiger charge is 2.49. The summed E-state index contributed by atoms with van der Waals surface area (Å²) >= 11 is 3.71. The molecule has 0 heterocycles. The van der Waals surface area contributed by atoms with Crippen LogP contribution in [0.15, 0.2) is 0 Å². The van der Waals surface area contributed by atoms with Crippen LogP contribution >= 0.6 is 15.9 Å². The van der Waals surface area contributed by atoms with Crippen LogP contribution in [0.5, 0.6) is 0 Å². The molecule has 48 valence electrons. The standard InChI is InChI=1S/C7H13Br/c1-6(2,3)7(8)4-5-7/h4-5H2,1-3H3. The summed E-state index contributed by atoms with van der Waals surface area (Å²) in [5.41, 5.74) is 0.465. The molecule has 0 spiro atoms. The van der Waals surface area contributed by atoms with Crippen molar-refractivity contribution in [2.24, 2.45) is 5.41 Å². The first-order valence-corrected chi connectivity index (χ1v) is 3.94. The summed E-state index contributed by atoms with van der Waals surface area (Å²) in [5, 5.41) is 0. The van der Waals surface area contributed by atoms with E-state index in [-0.39, 0.29) is 0 Å². The third-order valence-corrected chi connectivity index (χ3v) is 4.02. The topological polar surface area (TPSA) is 0 Å². The van der Waals surface area contributed by atoms with Gasteiger partial charge in [-0.15, -0.1) is 0 Å². The lowest BCUT2D eigenvalue weighted by atomic mass is 9.90. The summed E-state index contributed by atoms with van der Waals surface area (Å²) in [7, 11) is 0. The van der Waals surface area contributed by atoms with Gasteiger partial charge in [0.1, 0.15) is 0 Å². The smallest absolute Gasteiger partial charge is 0.0307 e. The van der Waals surface area contributed by atoms with Crippen LogP contribution in [0.25, 0.3) is 0 Å². The molecule has 0 nitrogen and oxygen atoms in total. The van der Waals surface area contributed by atoms with E-state index in [1.165, 1.54) is 12.8 Å². The molecule has 1 rings (SSSR count). The number of hydrogen-bond donors (Lipinski definition) is 0. The summed E-state index contributed by atoms with van der Waals surface area (Å²) in [6.07, 6.45) is 2.72. The third kappa shape index (κ3) is 0.928. The van der Waals surface area contributed by atoms with Gasteiger partial charge in [-0.1, -0.05) is 36.7 Å². The van der Waals surface area contributed by atoms with E-state index in [1.807, 2.05) is 0 Å². The summed E-state index contributed by atoms with van der Waals surface area (Å²) in [5.74, 6) is 0. The predicted molar refractivity (Wildman–Crippen MR) is 40.3 cm³/mol. The van der Waals surface area contributed by atoms with Crippen molar-refractivity contribution >= 4 is 15.9 Å². The Morgan fingerprint density at radius 3 is 1.62 bits per heavy atom. The van der Waals surface area contributed by atoms with Gasteiger partial charge in [-0.05, 0) is 18.3 Å². The molecule has 1 fully saturated rings. The van der Waals surface area contributed by atoms with Crippen LogP contribution in [-0.2, 0) is 0 Å². The fraction of sp³-hybridized carbons (Fsp3) is 1.00. The predicted octanol–water partition coefficient (Wildman–Crippen LogP) is 2.96. The van der Waals surface area contributed by atoms with Gasteiger partial charge < -0.3 is 0 Å². The summed E-state index contributed by atoms with van der Waals surface area (Å²) in [4.78, 5) is 0. The Balaban J connectivity index is 2.58. The summed E-state index contributed by atoms with van der Waals surface area (Å²) in [6.45, 7) is 6.86. The second kappa shape index (κ2) is 1.50. The minimum absolute atomic E-state index is 0.465. The summed E-state index contributed by atoms with van der Waals surface area (Å²) in [6, 6.07) is 0. The van der Waals surface area contributed by atoms with Crippen LogP contribution in [0.1, 0.15) is 33.6 Å². The Labute approximate surface area is 59.8 Å². The lowest BCUT2D eigenvalue weighted by Crippen LogP contribution is -2.20. The third-order valence-electron chi connectivity index (χ3n) is 2.03. The van der Waals surface area contributed by atoms with Gasteiger partial charge in [0, 0.05) is 4.32 Å². The maximum absolute atomic E-state index is 3.71. The van der Waals surface area contributed by atoms with Crippen LogP contribution in [0.3, 0.4) is 0 Å². The van der Waals surface area contributed by atoms with Crippen molar-refractivity contribution in [1.82, 2.24) is 0 Å². The van der Waals surface area contributed by atoms with Crippen LogP contribution < -0.4 is 0 Å². The van der Waals surface area contributed by atoms with Gasteiger partial charge in [-0.3, -0.25) is 0 Å². The number of halogens is 1. The Bertz CT molecular complexity index is 92.2. The first kappa shape index (κ1) is 6.60. The average molecular weight is 177 g/mol. The van der Waals surface area contributed by atoms with Gasteiger partial charge in [0.2, 0.25) is 0 Å². The molecule has 1 aliphatic rings. The minimum Gasteiger partial charge on any atom is -0.0848 e. The van der Waals surface area contributed by atoms with E-state index < -0.39 is 0 Å². The lowest BCUT2D eigenvalue weighted by molar-refractivity contribution is 0.387. The van der Waals surface area contributed by atoms with Gasteiger partial charge in [0.05, 0.1) is 0 Å². The van der Waals surface area contributed by atoms with E-state index >= 15 is 0 Å². The molecule has 0 aromatic heterocycles. The number of hydrogen-bond acceptors (Lipinski definition) is 0. The zero-order chi connectivity index (χ0) is 6.41. The van der Waals surface area contributed by atoms with Crippen molar-refractivity contribution < 1.29 is 0 Å². The highest BCUT2D eigenvalue weighted by Crippen LogP contribution is 2.56. The van der Waals surface area contributed by atoms with E-state index in [2.05, 4.69) is 36.7 Å². The molecule has 0 N–H and O–H groups in total. The molecule has 0 aliphatic heterocycles. The maximum atomic E-state index is 3.71. The number of alkyl halides is 1. The molecule has 0 saturated heterocycles. The fourth-order valence-corrected chi connectivity index (χ4v) is 1.06. The zero-order valence-electron chi connectivity index (χ0n) is 5.79. The highest BCUT2D eigenvalue weighted by molar-refractivity contribution is 9.10. The largest absolute Gasteiger partial charge is 0.0848 e. The van der Waals surface area contributed by atoms with Crippen molar-refractivity contribution in [3.63, 3.8) is 0 Å². The Morgan fingerprint density at radius 2 is 1.62 bits per heavy atom. The van der Waals surface area contributed by atoms with Crippen molar-refractivity contribution in [3.8, 4) is 0 Å². The van der Waals surface area contributed by atoms with Crippen molar-refractivity contribution in [1.29, 1.82) is 0 Å². The first-order valence-electron chi connectivity index (χ1n) is 3.15. The molecule has 1 aliphatic carbocycles. The van der Waals surface area contributed by atoms with Crippen molar-refractivity contribution in [2.45, 2.75) is 37.9 Å². The zero-order valence-corrected chi connectivity index (χ0v) is 7.38.